The molecule has 2 heterocycles. The third-order valence-corrected chi connectivity index (χ3v) is 6.15. The first-order valence-electron chi connectivity index (χ1n) is 10.7. The molecule has 9 heteroatoms. The molecule has 0 saturated carbocycles. The van der Waals surface area contributed by atoms with E-state index in [4.69, 9.17) is 32.7 Å². The molecule has 4 rings (SSSR count). The second kappa shape index (κ2) is 9.31. The molecule has 1 atom stereocenters. The maximum absolute atomic E-state index is 14.5. The number of nitrogens with zero attached hydrogens (tertiary/aromatic N) is 3. The van der Waals surface area contributed by atoms with Gasteiger partial charge >= 0.3 is 6.09 Å². The van der Waals surface area contributed by atoms with E-state index in [-0.39, 0.29) is 33.7 Å². The second-order valence-corrected chi connectivity index (χ2v) is 9.78. The van der Waals surface area contributed by atoms with Crippen LogP contribution < -0.4 is 4.74 Å². The fourth-order valence-electron chi connectivity index (χ4n) is 3.82. The Kier molecular flexibility index (Phi) is 6.64. The fourth-order valence-corrected chi connectivity index (χ4v) is 4.12. The summed E-state index contributed by atoms with van der Waals surface area (Å²) in [4.78, 5) is 22.8. The lowest BCUT2D eigenvalue weighted by atomic mass is 9.90. The van der Waals surface area contributed by atoms with E-state index in [1.54, 1.807) is 4.90 Å². The third kappa shape index (κ3) is 5.31. The molecule has 0 aliphatic carbocycles. The van der Waals surface area contributed by atoms with Crippen LogP contribution in [0.5, 0.6) is 11.6 Å². The van der Waals surface area contributed by atoms with Gasteiger partial charge < -0.3 is 14.4 Å². The van der Waals surface area contributed by atoms with Crippen LogP contribution in [0.25, 0.3) is 10.9 Å². The van der Waals surface area contributed by atoms with Gasteiger partial charge in [0.1, 0.15) is 11.9 Å². The maximum atomic E-state index is 14.5. The van der Waals surface area contributed by atoms with E-state index in [9.17, 15) is 9.18 Å². The number of ether oxygens (including phenoxy) is 2. The standard InChI is InChI=1S/C24H24Cl2FN3O3/c1-24(2,3)33-23(31)30-10-4-5-15(12-30)14-6-8-18-16(11-14)22(29-13-28-18)32-19-9-7-17(25)20(26)21(19)27/h6-9,11,13,15H,4-5,10,12H2,1-3H3/t15-/m0/s1. The van der Waals surface area contributed by atoms with Crippen LogP contribution >= 0.6 is 23.2 Å². The number of benzene rings is 2. The lowest BCUT2D eigenvalue weighted by Gasteiger charge is -2.34. The van der Waals surface area contributed by atoms with Gasteiger partial charge in [0.25, 0.3) is 0 Å². The highest BCUT2D eigenvalue weighted by molar-refractivity contribution is 6.42. The molecule has 0 bridgehead atoms. The Morgan fingerprint density at radius 3 is 2.73 bits per heavy atom. The minimum Gasteiger partial charge on any atom is -0.444 e. The predicted molar refractivity (Wildman–Crippen MR) is 126 cm³/mol. The van der Waals surface area contributed by atoms with Gasteiger partial charge in [-0.15, -0.1) is 0 Å². The Hall–Kier alpha value is -2.64. The van der Waals surface area contributed by atoms with Crippen molar-refractivity contribution in [2.45, 2.75) is 45.1 Å². The second-order valence-electron chi connectivity index (χ2n) is 9.00. The molecule has 0 unspecified atom stereocenters. The number of likely N-dealkylation sites (tertiary alicyclic amines) is 1. The van der Waals surface area contributed by atoms with Gasteiger partial charge in [-0.1, -0.05) is 29.3 Å². The molecule has 1 amide bonds. The van der Waals surface area contributed by atoms with Crippen LogP contribution in [0.2, 0.25) is 10.0 Å². The summed E-state index contributed by atoms with van der Waals surface area (Å²) in [6, 6.07) is 8.66. The van der Waals surface area contributed by atoms with E-state index >= 15 is 0 Å². The third-order valence-electron chi connectivity index (χ3n) is 5.37. The fraction of sp³-hybridized carbons (Fsp3) is 0.375. The molecule has 6 nitrogen and oxygen atoms in total. The van der Waals surface area contributed by atoms with Crippen molar-refractivity contribution >= 4 is 40.2 Å². The van der Waals surface area contributed by atoms with Crippen LogP contribution in [0.4, 0.5) is 9.18 Å². The number of carbonyl (C=O) groups excluding carboxylic acids is 1. The highest BCUT2D eigenvalue weighted by Gasteiger charge is 2.28. The Balaban J connectivity index is 1.62. The number of halogens is 3. The molecule has 1 saturated heterocycles. The first kappa shape index (κ1) is 23.5. The van der Waals surface area contributed by atoms with Crippen molar-refractivity contribution in [1.82, 2.24) is 14.9 Å². The Morgan fingerprint density at radius 1 is 1.18 bits per heavy atom. The number of fused-ring (bicyclic) bond motifs is 1. The number of aromatic nitrogens is 2. The average molecular weight is 492 g/mol. The van der Waals surface area contributed by atoms with Crippen molar-refractivity contribution in [3.63, 3.8) is 0 Å². The van der Waals surface area contributed by atoms with Crippen LogP contribution in [0.3, 0.4) is 0 Å². The minimum atomic E-state index is -0.757. The number of rotatable bonds is 3. The monoisotopic (exact) mass is 491 g/mol. The minimum absolute atomic E-state index is 0.0800. The Morgan fingerprint density at radius 2 is 1.97 bits per heavy atom. The molecule has 33 heavy (non-hydrogen) atoms. The molecule has 0 radical (unpaired) electrons. The summed E-state index contributed by atoms with van der Waals surface area (Å²) in [5, 5.41) is 0.524. The lowest BCUT2D eigenvalue weighted by molar-refractivity contribution is 0.0198. The van der Waals surface area contributed by atoms with Gasteiger partial charge in [-0.2, -0.15) is 0 Å². The zero-order valence-electron chi connectivity index (χ0n) is 18.6. The van der Waals surface area contributed by atoms with E-state index in [0.29, 0.717) is 24.0 Å². The summed E-state index contributed by atoms with van der Waals surface area (Å²) in [7, 11) is 0. The van der Waals surface area contributed by atoms with Gasteiger partial charge in [-0.3, -0.25) is 0 Å². The van der Waals surface area contributed by atoms with Crippen molar-refractivity contribution in [2.75, 3.05) is 13.1 Å². The Labute approximate surface area is 201 Å². The summed E-state index contributed by atoms with van der Waals surface area (Å²) in [5.41, 5.74) is 1.13. The number of amides is 1. The molecule has 1 aliphatic heterocycles. The summed E-state index contributed by atoms with van der Waals surface area (Å²) in [6.45, 7) is 6.77. The van der Waals surface area contributed by atoms with Crippen molar-refractivity contribution in [1.29, 1.82) is 0 Å². The summed E-state index contributed by atoms with van der Waals surface area (Å²) >= 11 is 11.8. The molecule has 1 aromatic heterocycles. The number of hydrogen-bond acceptors (Lipinski definition) is 5. The smallest absolute Gasteiger partial charge is 0.410 e. The molecule has 0 spiro atoms. The molecule has 1 fully saturated rings. The first-order valence-corrected chi connectivity index (χ1v) is 11.4. The van der Waals surface area contributed by atoms with E-state index in [1.807, 2.05) is 39.0 Å². The van der Waals surface area contributed by atoms with Gasteiger partial charge in [0, 0.05) is 19.0 Å². The number of piperidine rings is 1. The summed E-state index contributed by atoms with van der Waals surface area (Å²) < 4.78 is 25.8. The molecule has 174 valence electrons. The molecule has 0 N–H and O–H groups in total. The zero-order chi connectivity index (χ0) is 23.8. The SMILES string of the molecule is CC(C)(C)OC(=O)N1CCC[C@H](c2ccc3ncnc(Oc4ccc(Cl)c(Cl)c4F)c3c2)C1. The van der Waals surface area contributed by atoms with Gasteiger partial charge in [-0.25, -0.2) is 19.2 Å². The summed E-state index contributed by atoms with van der Waals surface area (Å²) in [5.74, 6) is -0.514. The van der Waals surface area contributed by atoms with Gasteiger partial charge in [0.2, 0.25) is 5.88 Å². The van der Waals surface area contributed by atoms with Gasteiger partial charge in [0.15, 0.2) is 11.6 Å². The molecule has 2 aromatic carbocycles. The quantitative estimate of drug-likeness (QED) is 0.369. The maximum Gasteiger partial charge on any atom is 0.410 e. The number of hydrogen-bond donors (Lipinski definition) is 0. The molecular formula is C24H24Cl2FN3O3. The van der Waals surface area contributed by atoms with Crippen molar-refractivity contribution in [3.05, 3.63) is 58.1 Å². The molecular weight excluding hydrogens is 468 g/mol. The van der Waals surface area contributed by atoms with E-state index in [1.165, 1.54) is 18.5 Å². The van der Waals surface area contributed by atoms with Crippen LogP contribution in [0, 0.1) is 5.82 Å². The topological polar surface area (TPSA) is 64.5 Å². The largest absolute Gasteiger partial charge is 0.444 e. The highest BCUT2D eigenvalue weighted by Crippen LogP contribution is 2.36. The van der Waals surface area contributed by atoms with Crippen LogP contribution in [0.15, 0.2) is 36.7 Å². The van der Waals surface area contributed by atoms with E-state index in [0.717, 1.165) is 18.4 Å². The lowest BCUT2D eigenvalue weighted by Crippen LogP contribution is -2.42. The normalized spacial score (nSPS) is 16.7. The van der Waals surface area contributed by atoms with Crippen LogP contribution in [-0.2, 0) is 4.74 Å². The van der Waals surface area contributed by atoms with Crippen molar-refractivity contribution in [3.8, 4) is 11.6 Å². The Bertz CT molecular complexity index is 1200. The van der Waals surface area contributed by atoms with Crippen LogP contribution in [0.1, 0.15) is 45.1 Å². The molecule has 1 aliphatic rings. The molecule has 3 aromatic rings. The van der Waals surface area contributed by atoms with Crippen molar-refractivity contribution in [2.24, 2.45) is 0 Å². The summed E-state index contributed by atoms with van der Waals surface area (Å²) in [6.07, 6.45) is 2.84. The average Bonchev–Trinajstić information content (AvgIpc) is 2.78. The zero-order valence-corrected chi connectivity index (χ0v) is 20.1. The van der Waals surface area contributed by atoms with Gasteiger partial charge in [0.05, 0.1) is 20.9 Å². The highest BCUT2D eigenvalue weighted by atomic mass is 35.5. The predicted octanol–water partition coefficient (Wildman–Crippen LogP) is 6.98. The van der Waals surface area contributed by atoms with Crippen LogP contribution in [-0.4, -0.2) is 39.7 Å². The first-order chi connectivity index (χ1) is 15.6. The van der Waals surface area contributed by atoms with Crippen molar-refractivity contribution < 1.29 is 18.7 Å². The van der Waals surface area contributed by atoms with E-state index in [2.05, 4.69) is 9.97 Å². The number of carbonyl (C=O) groups is 1. The van der Waals surface area contributed by atoms with E-state index < -0.39 is 11.4 Å². The van der Waals surface area contributed by atoms with Gasteiger partial charge in [-0.05, 0) is 63.4 Å².